The van der Waals surface area contributed by atoms with E-state index in [0.29, 0.717) is 18.3 Å². The zero-order valence-corrected chi connectivity index (χ0v) is 15.0. The Kier molecular flexibility index (Phi) is 4.49. The summed E-state index contributed by atoms with van der Waals surface area (Å²) >= 11 is 0. The van der Waals surface area contributed by atoms with Gasteiger partial charge in [0, 0.05) is 44.5 Å². The van der Waals surface area contributed by atoms with Crippen LogP contribution in [0.4, 0.5) is 5.82 Å². The van der Waals surface area contributed by atoms with Gasteiger partial charge in [-0.25, -0.2) is 4.98 Å². The molecular weight excluding hydrogens is 328 g/mol. The molecule has 0 bridgehead atoms. The van der Waals surface area contributed by atoms with E-state index < -0.39 is 0 Å². The van der Waals surface area contributed by atoms with Crippen LogP contribution in [0.15, 0.2) is 47.5 Å². The van der Waals surface area contributed by atoms with Crippen LogP contribution in [0.5, 0.6) is 0 Å². The maximum absolute atomic E-state index is 12.6. The van der Waals surface area contributed by atoms with Crippen LogP contribution in [0, 0.1) is 5.92 Å². The maximum Gasteiger partial charge on any atom is 0.293 e. The maximum atomic E-state index is 12.6. The highest BCUT2D eigenvalue weighted by molar-refractivity contribution is 5.83. The van der Waals surface area contributed by atoms with Crippen LogP contribution >= 0.6 is 0 Å². The first-order chi connectivity index (χ1) is 12.6. The smallest absolute Gasteiger partial charge is 0.293 e. The molecule has 2 aliphatic rings. The number of nitrogens with one attached hydrogen (secondary N) is 1. The lowest BCUT2D eigenvalue weighted by atomic mass is 10.0. The van der Waals surface area contributed by atoms with Crippen molar-refractivity contribution in [3.05, 3.63) is 58.6 Å². The standard InChI is InChI=1S/C20H24N4O2/c1-23-11-9-21-18(20(23)26)24-10-5-8-15(13-24)22-19(25)17-12-16(17)14-6-3-2-4-7-14/h2-4,6-7,9,11,15-17H,5,8,10,12-13H2,1H3,(H,22,25)/t15-,16-,17-/m0/s1. The molecule has 1 aromatic heterocycles. The first kappa shape index (κ1) is 16.8. The molecule has 1 aliphatic carbocycles. The average Bonchev–Trinajstić information content (AvgIpc) is 3.46. The fourth-order valence-corrected chi connectivity index (χ4v) is 3.85. The zero-order valence-electron chi connectivity index (χ0n) is 15.0. The van der Waals surface area contributed by atoms with Gasteiger partial charge in [-0.05, 0) is 30.7 Å². The fourth-order valence-electron chi connectivity index (χ4n) is 3.85. The van der Waals surface area contributed by atoms with Gasteiger partial charge in [-0.15, -0.1) is 0 Å². The van der Waals surface area contributed by atoms with Crippen molar-refractivity contribution in [2.24, 2.45) is 13.0 Å². The second kappa shape index (κ2) is 6.94. The summed E-state index contributed by atoms with van der Waals surface area (Å²) in [5.41, 5.74) is 1.15. The van der Waals surface area contributed by atoms with Crippen LogP contribution in [-0.4, -0.2) is 34.6 Å². The lowest BCUT2D eigenvalue weighted by Crippen LogP contribution is -2.50. The van der Waals surface area contributed by atoms with Gasteiger partial charge in [0.2, 0.25) is 5.91 Å². The van der Waals surface area contributed by atoms with E-state index in [1.54, 1.807) is 24.0 Å². The minimum absolute atomic E-state index is 0.0694. The van der Waals surface area contributed by atoms with E-state index in [1.807, 2.05) is 23.1 Å². The van der Waals surface area contributed by atoms with Crippen LogP contribution in [0.2, 0.25) is 0 Å². The Hall–Kier alpha value is -2.63. The number of nitrogens with zero attached hydrogens (tertiary/aromatic N) is 3. The number of piperidine rings is 1. The third-order valence-electron chi connectivity index (χ3n) is 5.42. The molecular formula is C20H24N4O2. The summed E-state index contributed by atoms with van der Waals surface area (Å²) in [5, 5.41) is 3.20. The Labute approximate surface area is 152 Å². The summed E-state index contributed by atoms with van der Waals surface area (Å²) in [6.45, 7) is 1.44. The van der Waals surface area contributed by atoms with E-state index in [4.69, 9.17) is 0 Å². The van der Waals surface area contributed by atoms with E-state index in [0.717, 1.165) is 25.8 Å². The number of anilines is 1. The van der Waals surface area contributed by atoms with Crippen molar-refractivity contribution in [1.29, 1.82) is 0 Å². The number of benzene rings is 1. The van der Waals surface area contributed by atoms with Gasteiger partial charge in [-0.2, -0.15) is 0 Å². The molecule has 2 fully saturated rings. The van der Waals surface area contributed by atoms with Gasteiger partial charge >= 0.3 is 0 Å². The molecule has 0 spiro atoms. The quantitative estimate of drug-likeness (QED) is 0.909. The summed E-state index contributed by atoms with van der Waals surface area (Å²) < 4.78 is 1.54. The van der Waals surface area contributed by atoms with Crippen molar-refractivity contribution in [1.82, 2.24) is 14.9 Å². The molecule has 6 nitrogen and oxygen atoms in total. The Balaban J connectivity index is 1.38. The van der Waals surface area contributed by atoms with Gasteiger partial charge in [0.25, 0.3) is 5.56 Å². The third-order valence-corrected chi connectivity index (χ3v) is 5.42. The predicted octanol–water partition coefficient (Wildman–Crippen LogP) is 1.67. The number of carbonyl (C=O) groups excluding carboxylic acids is 1. The Morgan fingerprint density at radius 3 is 2.88 bits per heavy atom. The van der Waals surface area contributed by atoms with Gasteiger partial charge in [-0.1, -0.05) is 30.3 Å². The molecule has 1 aromatic carbocycles. The molecule has 26 heavy (non-hydrogen) atoms. The monoisotopic (exact) mass is 352 g/mol. The van der Waals surface area contributed by atoms with Gasteiger partial charge in [-0.3, -0.25) is 9.59 Å². The topological polar surface area (TPSA) is 67.2 Å². The SMILES string of the molecule is Cn1ccnc(N2CCC[C@H](NC(=O)[C@H]3C[C@H]3c3ccccc3)C2)c1=O. The Morgan fingerprint density at radius 2 is 2.08 bits per heavy atom. The Morgan fingerprint density at radius 1 is 1.27 bits per heavy atom. The van der Waals surface area contributed by atoms with Crippen LogP contribution in [-0.2, 0) is 11.8 Å². The number of aryl methyl sites for hydroxylation is 1. The van der Waals surface area contributed by atoms with E-state index in [1.165, 1.54) is 5.56 Å². The number of hydrogen-bond donors (Lipinski definition) is 1. The van der Waals surface area contributed by atoms with Crippen molar-refractivity contribution in [3.63, 3.8) is 0 Å². The molecule has 0 unspecified atom stereocenters. The predicted molar refractivity (Wildman–Crippen MR) is 100 cm³/mol. The second-order valence-electron chi connectivity index (χ2n) is 7.32. The number of hydrogen-bond acceptors (Lipinski definition) is 4. The van der Waals surface area contributed by atoms with Crippen molar-refractivity contribution < 1.29 is 4.79 Å². The summed E-state index contributed by atoms with van der Waals surface area (Å²) in [6, 6.07) is 10.3. The normalized spacial score (nSPS) is 25.0. The van der Waals surface area contributed by atoms with Crippen molar-refractivity contribution in [2.45, 2.75) is 31.2 Å². The van der Waals surface area contributed by atoms with Gasteiger partial charge in [0.15, 0.2) is 5.82 Å². The second-order valence-corrected chi connectivity index (χ2v) is 7.32. The largest absolute Gasteiger partial charge is 0.351 e. The molecule has 2 heterocycles. The fraction of sp³-hybridized carbons (Fsp3) is 0.450. The van der Waals surface area contributed by atoms with E-state index in [2.05, 4.69) is 22.4 Å². The summed E-state index contributed by atoms with van der Waals surface area (Å²) in [5.74, 6) is 1.04. The molecule has 3 atom stereocenters. The van der Waals surface area contributed by atoms with Crippen LogP contribution in [0.25, 0.3) is 0 Å². The molecule has 1 N–H and O–H groups in total. The summed E-state index contributed by atoms with van der Waals surface area (Å²) in [6.07, 6.45) is 6.11. The molecule has 1 saturated heterocycles. The highest BCUT2D eigenvalue weighted by Crippen LogP contribution is 2.47. The summed E-state index contributed by atoms with van der Waals surface area (Å²) in [4.78, 5) is 31.2. The molecule has 136 valence electrons. The number of aromatic nitrogens is 2. The Bertz CT molecular complexity index is 848. The molecule has 2 aromatic rings. The molecule has 1 amide bonds. The lowest BCUT2D eigenvalue weighted by molar-refractivity contribution is -0.123. The van der Waals surface area contributed by atoms with Crippen molar-refractivity contribution >= 4 is 11.7 Å². The van der Waals surface area contributed by atoms with Crippen molar-refractivity contribution in [3.8, 4) is 0 Å². The average molecular weight is 352 g/mol. The van der Waals surface area contributed by atoms with E-state index >= 15 is 0 Å². The summed E-state index contributed by atoms with van der Waals surface area (Å²) in [7, 11) is 1.73. The van der Waals surface area contributed by atoms with Crippen LogP contribution in [0.3, 0.4) is 0 Å². The van der Waals surface area contributed by atoms with Crippen LogP contribution < -0.4 is 15.8 Å². The van der Waals surface area contributed by atoms with E-state index in [-0.39, 0.29) is 23.4 Å². The number of carbonyl (C=O) groups is 1. The number of amides is 1. The number of rotatable bonds is 4. The van der Waals surface area contributed by atoms with E-state index in [9.17, 15) is 9.59 Å². The molecule has 4 rings (SSSR count). The first-order valence-corrected chi connectivity index (χ1v) is 9.25. The minimum atomic E-state index is -0.0918. The van der Waals surface area contributed by atoms with Crippen molar-refractivity contribution in [2.75, 3.05) is 18.0 Å². The molecule has 6 heteroatoms. The van der Waals surface area contributed by atoms with Gasteiger partial charge < -0.3 is 14.8 Å². The van der Waals surface area contributed by atoms with Gasteiger partial charge in [0.1, 0.15) is 0 Å². The molecule has 1 aliphatic heterocycles. The third kappa shape index (κ3) is 3.36. The van der Waals surface area contributed by atoms with Gasteiger partial charge in [0.05, 0.1) is 0 Å². The molecule has 0 radical (unpaired) electrons. The lowest BCUT2D eigenvalue weighted by Gasteiger charge is -2.33. The van der Waals surface area contributed by atoms with Crippen LogP contribution in [0.1, 0.15) is 30.7 Å². The zero-order chi connectivity index (χ0) is 18.1. The molecule has 1 saturated carbocycles. The minimum Gasteiger partial charge on any atom is -0.351 e. The highest BCUT2D eigenvalue weighted by Gasteiger charge is 2.44. The first-order valence-electron chi connectivity index (χ1n) is 9.25. The highest BCUT2D eigenvalue weighted by atomic mass is 16.2.